The third-order valence-electron chi connectivity index (χ3n) is 3.56. The third-order valence-corrected chi connectivity index (χ3v) is 3.56. The minimum Gasteiger partial charge on any atom is -0.309 e. The number of aromatic nitrogens is 5. The molecule has 0 aliphatic heterocycles. The number of carbonyl (C=O) groups excluding carboxylic acids is 1. The van der Waals surface area contributed by atoms with Crippen LogP contribution >= 0.6 is 0 Å². The summed E-state index contributed by atoms with van der Waals surface area (Å²) in [6.45, 7) is 1.92. The van der Waals surface area contributed by atoms with E-state index in [-0.39, 0.29) is 18.1 Å². The van der Waals surface area contributed by atoms with Crippen molar-refractivity contribution in [3.05, 3.63) is 59.8 Å². The molecule has 0 fully saturated rings. The molecule has 3 rings (SSSR count). The van der Waals surface area contributed by atoms with E-state index < -0.39 is 6.43 Å². The van der Waals surface area contributed by atoms with E-state index in [1.165, 1.54) is 10.7 Å². The zero-order valence-corrected chi connectivity index (χ0v) is 13.4. The van der Waals surface area contributed by atoms with Gasteiger partial charge in [-0.25, -0.2) is 13.5 Å². The molecule has 130 valence electrons. The lowest BCUT2D eigenvalue weighted by Crippen LogP contribution is -2.22. The van der Waals surface area contributed by atoms with Gasteiger partial charge in [0.15, 0.2) is 0 Å². The van der Waals surface area contributed by atoms with Crippen LogP contribution in [0.25, 0.3) is 0 Å². The quantitative estimate of drug-likeness (QED) is 0.743. The molecule has 3 aromatic heterocycles. The number of nitrogens with one attached hydrogen (secondary N) is 1. The lowest BCUT2D eigenvalue weighted by molar-refractivity contribution is -0.117. The summed E-state index contributed by atoms with van der Waals surface area (Å²) in [7, 11) is 0. The first-order valence-electron chi connectivity index (χ1n) is 7.56. The first-order chi connectivity index (χ1) is 12.0. The Hall–Kier alpha value is -3.10. The standard InChI is InChI=1S/C16H16F2N6O/c1-11-7-13(16(17)18)22-23(11)10-15(25)21-14-4-6-20-24(14)9-12-3-2-5-19-8-12/h2-8,16H,9-10H2,1H3,(H,21,25). The summed E-state index contributed by atoms with van der Waals surface area (Å²) in [5, 5.41) is 10.6. The van der Waals surface area contributed by atoms with Crippen LogP contribution < -0.4 is 5.32 Å². The summed E-state index contributed by atoms with van der Waals surface area (Å²) in [6, 6.07) is 6.65. The van der Waals surface area contributed by atoms with Gasteiger partial charge in [-0.2, -0.15) is 10.2 Å². The second-order valence-electron chi connectivity index (χ2n) is 5.45. The molecular formula is C16H16F2N6O. The van der Waals surface area contributed by atoms with Gasteiger partial charge in [0.25, 0.3) is 6.43 Å². The number of alkyl halides is 2. The fourth-order valence-corrected chi connectivity index (χ4v) is 2.35. The third kappa shape index (κ3) is 4.06. The number of pyridine rings is 1. The summed E-state index contributed by atoms with van der Waals surface area (Å²) in [5.41, 5.74) is 1.09. The Kier molecular flexibility index (Phi) is 4.82. The Balaban J connectivity index is 1.67. The predicted molar refractivity (Wildman–Crippen MR) is 86.1 cm³/mol. The van der Waals surface area contributed by atoms with Crippen LogP contribution in [-0.2, 0) is 17.9 Å². The van der Waals surface area contributed by atoms with E-state index in [9.17, 15) is 13.6 Å². The maximum atomic E-state index is 12.7. The lowest BCUT2D eigenvalue weighted by Gasteiger charge is -2.09. The molecule has 7 nitrogen and oxygen atoms in total. The molecule has 1 amide bonds. The van der Waals surface area contributed by atoms with Crippen LogP contribution in [0, 0.1) is 6.92 Å². The molecule has 0 aliphatic rings. The van der Waals surface area contributed by atoms with Gasteiger partial charge in [0.1, 0.15) is 18.1 Å². The van der Waals surface area contributed by atoms with Gasteiger partial charge in [-0.15, -0.1) is 0 Å². The normalized spacial score (nSPS) is 11.0. The number of hydrogen-bond donors (Lipinski definition) is 1. The van der Waals surface area contributed by atoms with Crippen molar-refractivity contribution in [3.63, 3.8) is 0 Å². The summed E-state index contributed by atoms with van der Waals surface area (Å²) in [4.78, 5) is 16.2. The minimum absolute atomic E-state index is 0.156. The monoisotopic (exact) mass is 346 g/mol. The Labute approximate surface area is 142 Å². The highest BCUT2D eigenvalue weighted by Crippen LogP contribution is 2.18. The van der Waals surface area contributed by atoms with Crippen LogP contribution in [0.2, 0.25) is 0 Å². The van der Waals surface area contributed by atoms with Gasteiger partial charge in [-0.05, 0) is 24.6 Å². The highest BCUT2D eigenvalue weighted by atomic mass is 19.3. The molecule has 0 aliphatic carbocycles. The van der Waals surface area contributed by atoms with Crippen LogP contribution in [0.15, 0.2) is 42.9 Å². The van der Waals surface area contributed by atoms with Crippen molar-refractivity contribution in [2.24, 2.45) is 0 Å². The Morgan fingerprint density at radius 2 is 2.12 bits per heavy atom. The van der Waals surface area contributed by atoms with Gasteiger partial charge in [-0.3, -0.25) is 14.5 Å². The molecule has 25 heavy (non-hydrogen) atoms. The first kappa shape index (κ1) is 16.7. The van der Waals surface area contributed by atoms with Crippen LogP contribution in [0.4, 0.5) is 14.6 Å². The largest absolute Gasteiger partial charge is 0.309 e. The number of halogens is 2. The van der Waals surface area contributed by atoms with Gasteiger partial charge in [0, 0.05) is 24.2 Å². The van der Waals surface area contributed by atoms with Gasteiger partial charge in [0.2, 0.25) is 5.91 Å². The number of anilines is 1. The van der Waals surface area contributed by atoms with Crippen molar-refractivity contribution in [1.29, 1.82) is 0 Å². The van der Waals surface area contributed by atoms with Crippen molar-refractivity contribution in [3.8, 4) is 0 Å². The molecule has 0 atom stereocenters. The van der Waals surface area contributed by atoms with Gasteiger partial charge in [-0.1, -0.05) is 6.07 Å². The second-order valence-corrected chi connectivity index (χ2v) is 5.45. The molecule has 0 unspecified atom stereocenters. The smallest absolute Gasteiger partial charge is 0.282 e. The molecule has 9 heteroatoms. The number of hydrogen-bond acceptors (Lipinski definition) is 4. The van der Waals surface area contributed by atoms with E-state index in [2.05, 4.69) is 20.5 Å². The van der Waals surface area contributed by atoms with Gasteiger partial charge < -0.3 is 5.32 Å². The average molecular weight is 346 g/mol. The van der Waals surface area contributed by atoms with E-state index in [1.807, 2.05) is 12.1 Å². The number of rotatable bonds is 6. The fraction of sp³-hybridized carbons (Fsp3) is 0.250. The van der Waals surface area contributed by atoms with E-state index >= 15 is 0 Å². The molecule has 1 N–H and O–H groups in total. The van der Waals surface area contributed by atoms with Crippen LogP contribution in [0.5, 0.6) is 0 Å². The Bertz CT molecular complexity index is 859. The van der Waals surface area contributed by atoms with Crippen molar-refractivity contribution in [2.75, 3.05) is 5.32 Å². The molecule has 0 radical (unpaired) electrons. The highest BCUT2D eigenvalue weighted by molar-refractivity contribution is 5.89. The number of aryl methyl sites for hydroxylation is 1. The van der Waals surface area contributed by atoms with Gasteiger partial charge in [0.05, 0.1) is 12.7 Å². The van der Waals surface area contributed by atoms with E-state index in [1.54, 1.807) is 36.3 Å². The van der Waals surface area contributed by atoms with Crippen molar-refractivity contribution in [2.45, 2.75) is 26.4 Å². The van der Waals surface area contributed by atoms with Crippen molar-refractivity contribution in [1.82, 2.24) is 24.5 Å². The molecule has 0 aromatic carbocycles. The minimum atomic E-state index is -2.66. The molecule has 3 heterocycles. The summed E-state index contributed by atoms with van der Waals surface area (Å²) in [6.07, 6.45) is 2.30. The Morgan fingerprint density at radius 3 is 2.80 bits per heavy atom. The number of carbonyl (C=O) groups is 1. The zero-order valence-electron chi connectivity index (χ0n) is 13.4. The number of nitrogens with zero attached hydrogens (tertiary/aromatic N) is 5. The summed E-state index contributed by atoms with van der Waals surface area (Å²) >= 11 is 0. The lowest BCUT2D eigenvalue weighted by atomic mass is 10.3. The Morgan fingerprint density at radius 1 is 1.28 bits per heavy atom. The van der Waals surface area contributed by atoms with Gasteiger partial charge >= 0.3 is 0 Å². The van der Waals surface area contributed by atoms with Crippen LogP contribution in [0.1, 0.15) is 23.4 Å². The first-order valence-corrected chi connectivity index (χ1v) is 7.56. The topological polar surface area (TPSA) is 77.6 Å². The fourth-order valence-electron chi connectivity index (χ4n) is 2.35. The maximum Gasteiger partial charge on any atom is 0.282 e. The number of amides is 1. The van der Waals surface area contributed by atoms with E-state index in [0.29, 0.717) is 18.1 Å². The SMILES string of the molecule is Cc1cc(C(F)F)nn1CC(=O)Nc1ccnn1Cc1cccnc1. The summed E-state index contributed by atoms with van der Waals surface area (Å²) in [5.74, 6) is 0.132. The average Bonchev–Trinajstić information content (AvgIpc) is 3.16. The molecule has 0 saturated carbocycles. The summed E-state index contributed by atoms with van der Waals surface area (Å²) < 4.78 is 28.2. The second kappa shape index (κ2) is 7.20. The molecule has 0 spiro atoms. The molecule has 0 bridgehead atoms. The zero-order chi connectivity index (χ0) is 17.8. The molecular weight excluding hydrogens is 330 g/mol. The van der Waals surface area contributed by atoms with E-state index in [0.717, 1.165) is 5.56 Å². The maximum absolute atomic E-state index is 12.7. The van der Waals surface area contributed by atoms with E-state index in [4.69, 9.17) is 0 Å². The van der Waals surface area contributed by atoms with Crippen molar-refractivity contribution < 1.29 is 13.6 Å². The van der Waals surface area contributed by atoms with Crippen LogP contribution in [-0.4, -0.2) is 30.5 Å². The predicted octanol–water partition coefficient (Wildman–Crippen LogP) is 2.41. The molecule has 3 aromatic rings. The molecule has 0 saturated heterocycles. The van der Waals surface area contributed by atoms with Crippen molar-refractivity contribution >= 4 is 11.7 Å². The van der Waals surface area contributed by atoms with Crippen LogP contribution in [0.3, 0.4) is 0 Å². The highest BCUT2D eigenvalue weighted by Gasteiger charge is 2.16.